The molecule has 0 atom stereocenters. The minimum absolute atomic E-state index is 0. The van der Waals surface area contributed by atoms with E-state index in [1.54, 1.807) is 26.3 Å². The second-order valence-electron chi connectivity index (χ2n) is 6.25. The number of ether oxygens (including phenoxy) is 3. The molecule has 0 aliphatic heterocycles. The maximum Gasteiger partial charge on any atom is 0.387 e. The van der Waals surface area contributed by atoms with Crippen LogP contribution in [0.25, 0.3) is 0 Å². The molecule has 0 saturated carbocycles. The highest BCUT2D eigenvalue weighted by Gasteiger charge is 2.11. The Morgan fingerprint density at radius 3 is 2.35 bits per heavy atom. The zero-order chi connectivity index (χ0) is 21.8. The number of guanidine groups is 1. The predicted molar refractivity (Wildman–Crippen MR) is 129 cm³/mol. The van der Waals surface area contributed by atoms with E-state index in [1.807, 2.05) is 24.3 Å². The van der Waals surface area contributed by atoms with Gasteiger partial charge in [-0.05, 0) is 35.9 Å². The second-order valence-corrected chi connectivity index (χ2v) is 6.25. The van der Waals surface area contributed by atoms with E-state index in [9.17, 15) is 8.78 Å². The van der Waals surface area contributed by atoms with Crippen molar-refractivity contribution < 1.29 is 23.0 Å². The van der Waals surface area contributed by atoms with Crippen LogP contribution in [0.15, 0.2) is 47.5 Å². The lowest BCUT2D eigenvalue weighted by Gasteiger charge is -2.15. The first-order chi connectivity index (χ1) is 14.5. The van der Waals surface area contributed by atoms with E-state index >= 15 is 0 Å². The van der Waals surface area contributed by atoms with E-state index in [4.69, 9.17) is 9.47 Å². The lowest BCUT2D eigenvalue weighted by atomic mass is 10.2. The molecule has 0 spiro atoms. The molecule has 3 N–H and O–H groups in total. The van der Waals surface area contributed by atoms with Crippen molar-refractivity contribution in [2.24, 2.45) is 4.99 Å². The minimum atomic E-state index is -2.90. The summed E-state index contributed by atoms with van der Waals surface area (Å²) in [5.41, 5.74) is 2.62. The average molecular weight is 550 g/mol. The van der Waals surface area contributed by atoms with Crippen LogP contribution in [0.4, 0.5) is 14.5 Å². The third-order valence-electron chi connectivity index (χ3n) is 4.20. The monoisotopic (exact) mass is 550 g/mol. The standard InChI is InChI=1S/C21H28F2N4O3.HI/c1-24-21(26-13-15-4-6-17(7-5-15)25-10-11-28-2)27-14-16-12-18(29-3)8-9-19(16)30-20(22)23;/h4-9,12,20,25H,10-11,13-14H2,1-3H3,(H2,24,26,27);1H. The van der Waals surface area contributed by atoms with E-state index in [1.165, 1.54) is 13.2 Å². The highest BCUT2D eigenvalue weighted by molar-refractivity contribution is 14.0. The van der Waals surface area contributed by atoms with Crippen molar-refractivity contribution in [3.8, 4) is 11.5 Å². The smallest absolute Gasteiger partial charge is 0.387 e. The summed E-state index contributed by atoms with van der Waals surface area (Å²) >= 11 is 0. The Kier molecular flexibility index (Phi) is 12.6. The zero-order valence-electron chi connectivity index (χ0n) is 17.8. The fourth-order valence-electron chi connectivity index (χ4n) is 2.66. The number of anilines is 1. The Bertz CT molecular complexity index is 808. The molecule has 0 saturated heterocycles. The summed E-state index contributed by atoms with van der Waals surface area (Å²) in [6.45, 7) is -0.728. The van der Waals surface area contributed by atoms with Gasteiger partial charge in [0.15, 0.2) is 5.96 Å². The molecule has 0 aliphatic carbocycles. The number of aliphatic imine (C=N–C) groups is 1. The number of nitrogens with zero attached hydrogens (tertiary/aromatic N) is 1. The number of benzene rings is 2. The lowest BCUT2D eigenvalue weighted by Crippen LogP contribution is -2.36. The van der Waals surface area contributed by atoms with Crippen molar-refractivity contribution in [2.45, 2.75) is 19.7 Å². The fraction of sp³-hybridized carbons (Fsp3) is 0.381. The van der Waals surface area contributed by atoms with Crippen LogP contribution < -0.4 is 25.4 Å². The SMILES string of the molecule is CN=C(NCc1ccc(NCCOC)cc1)NCc1cc(OC)ccc1OC(F)F.I. The van der Waals surface area contributed by atoms with Crippen LogP contribution >= 0.6 is 24.0 Å². The van der Waals surface area contributed by atoms with Crippen LogP contribution in [0.2, 0.25) is 0 Å². The van der Waals surface area contributed by atoms with Gasteiger partial charge in [0, 0.05) is 45.0 Å². The number of hydrogen-bond acceptors (Lipinski definition) is 5. The number of halogens is 3. The number of methoxy groups -OCH3 is 2. The maximum atomic E-state index is 12.7. The van der Waals surface area contributed by atoms with E-state index in [0.29, 0.717) is 30.4 Å². The Hall–Kier alpha value is -2.34. The minimum Gasteiger partial charge on any atom is -0.497 e. The Labute approximate surface area is 198 Å². The molecule has 0 fully saturated rings. The summed E-state index contributed by atoms with van der Waals surface area (Å²) in [6.07, 6.45) is 0. The van der Waals surface area contributed by atoms with E-state index in [-0.39, 0.29) is 36.3 Å². The molecule has 0 aliphatic rings. The molecule has 31 heavy (non-hydrogen) atoms. The van der Waals surface area contributed by atoms with Crippen LogP contribution in [-0.4, -0.2) is 47.0 Å². The van der Waals surface area contributed by atoms with Gasteiger partial charge in [-0.3, -0.25) is 4.99 Å². The molecule has 0 radical (unpaired) electrons. The summed E-state index contributed by atoms with van der Waals surface area (Å²) in [5.74, 6) is 1.17. The number of hydrogen-bond donors (Lipinski definition) is 3. The van der Waals surface area contributed by atoms with Gasteiger partial charge in [0.2, 0.25) is 0 Å². The highest BCUT2D eigenvalue weighted by Crippen LogP contribution is 2.25. The molecule has 2 rings (SSSR count). The lowest BCUT2D eigenvalue weighted by molar-refractivity contribution is -0.0505. The third kappa shape index (κ3) is 9.55. The molecule has 2 aromatic carbocycles. The molecule has 2 aromatic rings. The van der Waals surface area contributed by atoms with Gasteiger partial charge in [0.05, 0.1) is 13.7 Å². The molecule has 7 nitrogen and oxygen atoms in total. The van der Waals surface area contributed by atoms with Crippen molar-refractivity contribution in [3.05, 3.63) is 53.6 Å². The summed E-state index contributed by atoms with van der Waals surface area (Å²) in [7, 11) is 4.82. The number of alkyl halides is 2. The number of rotatable bonds is 11. The van der Waals surface area contributed by atoms with Crippen LogP contribution in [0.1, 0.15) is 11.1 Å². The molecular formula is C21H29F2IN4O3. The van der Waals surface area contributed by atoms with Gasteiger partial charge >= 0.3 is 6.61 Å². The maximum absolute atomic E-state index is 12.7. The van der Waals surface area contributed by atoms with E-state index in [2.05, 4.69) is 25.7 Å². The Morgan fingerprint density at radius 2 is 1.74 bits per heavy atom. The normalized spacial score (nSPS) is 11.0. The van der Waals surface area contributed by atoms with Gasteiger partial charge in [-0.25, -0.2) is 0 Å². The molecule has 0 amide bonds. The molecule has 0 heterocycles. The van der Waals surface area contributed by atoms with Crippen molar-refractivity contribution in [1.82, 2.24) is 10.6 Å². The second kappa shape index (κ2) is 14.6. The van der Waals surface area contributed by atoms with Crippen molar-refractivity contribution in [1.29, 1.82) is 0 Å². The first-order valence-corrected chi connectivity index (χ1v) is 9.43. The molecule has 0 aromatic heterocycles. The van der Waals surface area contributed by atoms with Gasteiger partial charge < -0.3 is 30.2 Å². The molecule has 10 heteroatoms. The highest BCUT2D eigenvalue weighted by atomic mass is 127. The summed E-state index contributed by atoms with van der Waals surface area (Å²) < 4.78 is 40.1. The van der Waals surface area contributed by atoms with Crippen LogP contribution in [0.5, 0.6) is 11.5 Å². The van der Waals surface area contributed by atoms with Gasteiger partial charge in [-0.2, -0.15) is 8.78 Å². The first-order valence-electron chi connectivity index (χ1n) is 9.43. The van der Waals surface area contributed by atoms with Crippen LogP contribution in [0.3, 0.4) is 0 Å². The van der Waals surface area contributed by atoms with Crippen LogP contribution in [-0.2, 0) is 17.8 Å². The molecular weight excluding hydrogens is 521 g/mol. The number of nitrogens with one attached hydrogen (secondary N) is 3. The largest absolute Gasteiger partial charge is 0.497 e. The van der Waals surface area contributed by atoms with Crippen molar-refractivity contribution in [3.63, 3.8) is 0 Å². The Balaban J connectivity index is 0.00000480. The van der Waals surface area contributed by atoms with Crippen molar-refractivity contribution in [2.75, 3.05) is 39.7 Å². The first kappa shape index (κ1) is 26.7. The third-order valence-corrected chi connectivity index (χ3v) is 4.20. The van der Waals surface area contributed by atoms with Gasteiger partial charge in [-0.15, -0.1) is 24.0 Å². The van der Waals surface area contributed by atoms with Gasteiger partial charge in [0.1, 0.15) is 11.5 Å². The average Bonchev–Trinajstić information content (AvgIpc) is 2.75. The fourth-order valence-corrected chi connectivity index (χ4v) is 2.66. The van der Waals surface area contributed by atoms with Gasteiger partial charge in [-0.1, -0.05) is 12.1 Å². The summed E-state index contributed by atoms with van der Waals surface area (Å²) in [5, 5.41) is 9.55. The topological polar surface area (TPSA) is 76.1 Å². The molecule has 172 valence electrons. The molecule has 0 unspecified atom stereocenters. The molecule has 0 bridgehead atoms. The quantitative estimate of drug-likeness (QED) is 0.171. The predicted octanol–water partition coefficient (Wildman–Crippen LogP) is 3.84. The Morgan fingerprint density at radius 1 is 1.03 bits per heavy atom. The van der Waals surface area contributed by atoms with Crippen molar-refractivity contribution >= 4 is 35.6 Å². The van der Waals surface area contributed by atoms with E-state index < -0.39 is 6.61 Å². The summed E-state index contributed by atoms with van der Waals surface area (Å²) in [6, 6.07) is 12.7. The van der Waals surface area contributed by atoms with Crippen LogP contribution in [0, 0.1) is 0 Å². The van der Waals surface area contributed by atoms with E-state index in [0.717, 1.165) is 17.8 Å². The summed E-state index contributed by atoms with van der Waals surface area (Å²) in [4.78, 5) is 4.17. The zero-order valence-corrected chi connectivity index (χ0v) is 20.1. The van der Waals surface area contributed by atoms with Gasteiger partial charge in [0.25, 0.3) is 0 Å².